The number of hydrogen-bond acceptors (Lipinski definition) is 7. The molecule has 0 unspecified atom stereocenters. The zero-order valence-electron chi connectivity index (χ0n) is 18.2. The first-order valence-corrected chi connectivity index (χ1v) is 11.6. The van der Waals surface area contributed by atoms with Crippen molar-refractivity contribution in [3.05, 3.63) is 11.6 Å². The minimum Gasteiger partial charge on any atom is -0.463 e. The number of guanidine groups is 1. The number of amides is 1. The fraction of sp³-hybridized carbons (Fsp3) is 0.722. The topological polar surface area (TPSA) is 183 Å². The van der Waals surface area contributed by atoms with Crippen LogP contribution in [-0.2, 0) is 29.2 Å². The number of rotatable bonds is 9. The van der Waals surface area contributed by atoms with Gasteiger partial charge in [0.2, 0.25) is 0 Å². The number of carbonyl (C=O) groups excluding carboxylic acids is 2. The molecular formula is C18H33FN4O7S. The summed E-state index contributed by atoms with van der Waals surface area (Å²) in [6.07, 6.45) is 3.18. The molecule has 13 heteroatoms. The Labute approximate surface area is 182 Å². The molecule has 0 spiro atoms. The predicted molar refractivity (Wildman–Crippen MR) is 114 cm³/mol. The summed E-state index contributed by atoms with van der Waals surface area (Å²) < 4.78 is 49.7. The summed E-state index contributed by atoms with van der Waals surface area (Å²) in [5, 5.41) is 2.57. The molecule has 0 heterocycles. The lowest BCUT2D eigenvalue weighted by Gasteiger charge is -2.36. The lowest BCUT2D eigenvalue weighted by Crippen LogP contribution is -2.54. The summed E-state index contributed by atoms with van der Waals surface area (Å²) in [6.45, 7) is 4.70. The average molecular weight is 469 g/mol. The summed E-state index contributed by atoms with van der Waals surface area (Å²) in [6, 6.07) is -1.36. The number of hydrogen-bond donors (Lipinski definition) is 4. The molecule has 1 rings (SSSR count). The van der Waals surface area contributed by atoms with Crippen molar-refractivity contribution in [2.45, 2.75) is 64.3 Å². The van der Waals surface area contributed by atoms with Gasteiger partial charge in [-0.1, -0.05) is 13.8 Å². The Balaban J connectivity index is 0.00000161. The highest BCUT2D eigenvalue weighted by molar-refractivity contribution is 7.85. The van der Waals surface area contributed by atoms with E-state index in [-0.39, 0.29) is 25.1 Å². The van der Waals surface area contributed by atoms with E-state index in [4.69, 9.17) is 25.5 Å². The van der Waals surface area contributed by atoms with Crippen LogP contribution in [0.5, 0.6) is 0 Å². The van der Waals surface area contributed by atoms with Gasteiger partial charge in [0, 0.05) is 12.0 Å². The molecule has 3 atom stereocenters. The lowest BCUT2D eigenvalue weighted by atomic mass is 9.88. The Bertz CT molecular complexity index is 742. The van der Waals surface area contributed by atoms with E-state index in [1.165, 1.54) is 0 Å². The van der Waals surface area contributed by atoms with Gasteiger partial charge in [0.15, 0.2) is 12.6 Å². The first-order chi connectivity index (χ1) is 14.4. The zero-order chi connectivity index (χ0) is 24.2. The minimum atomic E-state index is -3.67. The van der Waals surface area contributed by atoms with E-state index in [1.807, 2.05) is 13.8 Å². The van der Waals surface area contributed by atoms with Crippen LogP contribution in [0.15, 0.2) is 16.6 Å². The second kappa shape index (κ2) is 13.9. The molecule has 0 radical (unpaired) electrons. The van der Waals surface area contributed by atoms with Gasteiger partial charge in [-0.15, -0.1) is 0 Å². The van der Waals surface area contributed by atoms with Gasteiger partial charge in [-0.05, 0) is 25.8 Å². The lowest BCUT2D eigenvalue weighted by molar-refractivity contribution is -0.139. The maximum Gasteiger partial charge on any atom is 0.333 e. The van der Waals surface area contributed by atoms with Crippen molar-refractivity contribution < 1.29 is 36.4 Å². The Kier molecular flexibility index (Phi) is 12.9. The number of nitrogens with one attached hydrogen (secondary N) is 1. The Morgan fingerprint density at radius 2 is 1.87 bits per heavy atom. The third-order valence-electron chi connectivity index (χ3n) is 4.12. The number of ether oxygens (including phenoxy) is 2. The summed E-state index contributed by atoms with van der Waals surface area (Å²) in [5.41, 5.74) is 11.3. The maximum atomic E-state index is 12.7. The molecule has 31 heavy (non-hydrogen) atoms. The fourth-order valence-corrected chi connectivity index (χ4v) is 2.86. The SMILES string of the molecule is CCOC(=O)C1=C[C@@H](OC(CC)CC)[C@H](NC(=O)CF)[C@@H](N=C(N)N)C1.CS(=O)(=O)O. The van der Waals surface area contributed by atoms with E-state index in [0.29, 0.717) is 11.8 Å². The predicted octanol–water partition coefficient (Wildman–Crippen LogP) is 0.0537. The summed E-state index contributed by atoms with van der Waals surface area (Å²) in [4.78, 5) is 27.9. The van der Waals surface area contributed by atoms with Crippen molar-refractivity contribution in [2.24, 2.45) is 16.5 Å². The van der Waals surface area contributed by atoms with Crippen LogP contribution >= 0.6 is 0 Å². The van der Waals surface area contributed by atoms with E-state index >= 15 is 0 Å². The van der Waals surface area contributed by atoms with Crippen molar-refractivity contribution >= 4 is 28.0 Å². The van der Waals surface area contributed by atoms with Gasteiger partial charge in [0.05, 0.1) is 37.2 Å². The highest BCUT2D eigenvalue weighted by Crippen LogP contribution is 2.27. The molecule has 0 aliphatic heterocycles. The van der Waals surface area contributed by atoms with Gasteiger partial charge in [0.1, 0.15) is 0 Å². The molecule has 1 aliphatic rings. The van der Waals surface area contributed by atoms with Crippen LogP contribution in [0.3, 0.4) is 0 Å². The normalized spacial score (nSPS) is 20.7. The van der Waals surface area contributed by atoms with Gasteiger partial charge < -0.3 is 26.3 Å². The first-order valence-electron chi connectivity index (χ1n) is 9.75. The van der Waals surface area contributed by atoms with Gasteiger partial charge in [-0.25, -0.2) is 14.2 Å². The number of aliphatic imine (C=N–C) groups is 1. The second-order valence-electron chi connectivity index (χ2n) is 6.74. The van der Waals surface area contributed by atoms with Gasteiger partial charge in [0.25, 0.3) is 16.0 Å². The van der Waals surface area contributed by atoms with Crippen LogP contribution in [0.2, 0.25) is 0 Å². The largest absolute Gasteiger partial charge is 0.463 e. The Hall–Kier alpha value is -2.25. The van der Waals surface area contributed by atoms with E-state index in [0.717, 1.165) is 12.8 Å². The number of halogens is 1. The van der Waals surface area contributed by atoms with E-state index < -0.39 is 46.9 Å². The Morgan fingerprint density at radius 1 is 1.32 bits per heavy atom. The van der Waals surface area contributed by atoms with E-state index in [2.05, 4.69) is 10.3 Å². The Morgan fingerprint density at radius 3 is 2.29 bits per heavy atom. The van der Waals surface area contributed by atoms with Crippen LogP contribution in [0.1, 0.15) is 40.0 Å². The van der Waals surface area contributed by atoms with Gasteiger partial charge in [-0.3, -0.25) is 9.35 Å². The zero-order valence-corrected chi connectivity index (χ0v) is 19.0. The molecular weight excluding hydrogens is 435 g/mol. The summed E-state index contributed by atoms with van der Waals surface area (Å²) in [5.74, 6) is -1.48. The van der Waals surface area contributed by atoms with Crippen molar-refractivity contribution in [1.29, 1.82) is 0 Å². The molecule has 0 fully saturated rings. The average Bonchev–Trinajstić information content (AvgIpc) is 2.66. The standard InChI is InChI=1S/C17H29FN4O4.CH4O3S/c1-4-11(5-2)26-13-8-10(16(24)25-6-3)7-12(21-17(19)20)15(13)22-14(23)9-18;1-5(2,3)4/h8,11-13,15H,4-7,9H2,1-3H3,(H,22,23)(H4,19,20,21);1H3,(H,2,3,4)/t12-,13+,15+;/m0./s1. The molecule has 0 aromatic rings. The number of nitrogens with two attached hydrogens (primary N) is 2. The highest BCUT2D eigenvalue weighted by Gasteiger charge is 2.38. The summed E-state index contributed by atoms with van der Waals surface area (Å²) >= 11 is 0. The molecule has 6 N–H and O–H groups in total. The third kappa shape index (κ3) is 12.3. The molecule has 1 amide bonds. The van der Waals surface area contributed by atoms with Gasteiger partial charge >= 0.3 is 5.97 Å². The number of alkyl halides is 1. The van der Waals surface area contributed by atoms with Crippen LogP contribution in [0.25, 0.3) is 0 Å². The minimum absolute atomic E-state index is 0.0950. The summed E-state index contributed by atoms with van der Waals surface area (Å²) in [7, 11) is -3.67. The highest BCUT2D eigenvalue weighted by atomic mass is 32.2. The van der Waals surface area contributed by atoms with Crippen LogP contribution < -0.4 is 16.8 Å². The van der Waals surface area contributed by atoms with Gasteiger partial charge in [-0.2, -0.15) is 8.42 Å². The molecule has 0 saturated carbocycles. The molecule has 0 bridgehead atoms. The number of carbonyl (C=O) groups is 2. The molecule has 1 aliphatic carbocycles. The quantitative estimate of drug-likeness (QED) is 0.157. The van der Waals surface area contributed by atoms with E-state index in [9.17, 15) is 22.4 Å². The monoisotopic (exact) mass is 468 g/mol. The van der Waals surface area contributed by atoms with Crippen molar-refractivity contribution in [1.82, 2.24) is 5.32 Å². The molecule has 0 aromatic heterocycles. The van der Waals surface area contributed by atoms with E-state index in [1.54, 1.807) is 13.0 Å². The molecule has 0 saturated heterocycles. The van der Waals surface area contributed by atoms with Crippen LogP contribution in [0, 0.1) is 0 Å². The van der Waals surface area contributed by atoms with Crippen LogP contribution in [-0.4, -0.2) is 74.6 Å². The molecule has 0 aromatic carbocycles. The van der Waals surface area contributed by atoms with Crippen LogP contribution in [0.4, 0.5) is 4.39 Å². The van der Waals surface area contributed by atoms with Crippen molar-refractivity contribution in [2.75, 3.05) is 19.5 Å². The van der Waals surface area contributed by atoms with Crippen molar-refractivity contribution in [3.63, 3.8) is 0 Å². The van der Waals surface area contributed by atoms with Crippen molar-refractivity contribution in [3.8, 4) is 0 Å². The first kappa shape index (κ1) is 28.8. The number of esters is 1. The fourth-order valence-electron chi connectivity index (χ4n) is 2.86. The molecule has 11 nitrogen and oxygen atoms in total. The maximum absolute atomic E-state index is 12.7. The smallest absolute Gasteiger partial charge is 0.333 e. The molecule has 180 valence electrons. The second-order valence-corrected chi connectivity index (χ2v) is 8.20. The third-order valence-corrected chi connectivity index (χ3v) is 4.12. The number of nitrogens with zero attached hydrogens (tertiary/aromatic N) is 1.